The predicted octanol–water partition coefficient (Wildman–Crippen LogP) is 4.03. The number of nitrogens with zero attached hydrogens (tertiary/aromatic N) is 2. The van der Waals surface area contributed by atoms with Crippen molar-refractivity contribution in [3.8, 4) is 0 Å². The maximum absolute atomic E-state index is 13.0. The summed E-state index contributed by atoms with van der Waals surface area (Å²) < 4.78 is 6.77. The molecule has 30 heavy (non-hydrogen) atoms. The number of hydrogen-bond acceptors (Lipinski definition) is 5. The lowest BCUT2D eigenvalue weighted by atomic mass is 10.1. The summed E-state index contributed by atoms with van der Waals surface area (Å²) >= 11 is 1.28. The summed E-state index contributed by atoms with van der Waals surface area (Å²) in [5.41, 5.74) is 3.56. The van der Waals surface area contributed by atoms with Gasteiger partial charge in [0.15, 0.2) is 5.16 Å². The molecule has 0 fully saturated rings. The Hall–Kier alpha value is -2.64. The second kappa shape index (κ2) is 10.4. The van der Waals surface area contributed by atoms with Crippen LogP contribution in [-0.2, 0) is 22.5 Å². The summed E-state index contributed by atoms with van der Waals surface area (Å²) in [5, 5.41) is 4.16. The van der Waals surface area contributed by atoms with Crippen LogP contribution in [0.1, 0.15) is 24.5 Å². The number of thioether (sulfide) groups is 1. The minimum absolute atomic E-state index is 0.0909. The number of benzene rings is 2. The minimum atomic E-state index is -0.116. The summed E-state index contributed by atoms with van der Waals surface area (Å²) in [5.74, 6) is 0.0573. The highest BCUT2D eigenvalue weighted by molar-refractivity contribution is 7.99. The number of nitrogens with one attached hydrogen (secondary N) is 1. The van der Waals surface area contributed by atoms with E-state index in [2.05, 4.69) is 17.2 Å². The number of aryl methyl sites for hydroxylation is 2. The maximum Gasteiger partial charge on any atom is 0.262 e. The molecule has 0 radical (unpaired) electrons. The predicted molar refractivity (Wildman–Crippen MR) is 122 cm³/mol. The zero-order valence-electron chi connectivity index (χ0n) is 17.6. The van der Waals surface area contributed by atoms with E-state index in [1.54, 1.807) is 17.7 Å². The van der Waals surface area contributed by atoms with Gasteiger partial charge in [0.1, 0.15) is 0 Å². The number of methoxy groups -OCH3 is 1. The van der Waals surface area contributed by atoms with Crippen molar-refractivity contribution in [1.29, 1.82) is 0 Å². The molecule has 0 aliphatic carbocycles. The van der Waals surface area contributed by atoms with Crippen molar-refractivity contribution >= 4 is 34.3 Å². The Bertz CT molecular complexity index is 1090. The van der Waals surface area contributed by atoms with Crippen molar-refractivity contribution in [3.63, 3.8) is 0 Å². The maximum atomic E-state index is 13.0. The molecule has 1 N–H and O–H groups in total. The van der Waals surface area contributed by atoms with Gasteiger partial charge < -0.3 is 10.1 Å². The number of carbonyl (C=O) groups is 1. The van der Waals surface area contributed by atoms with Crippen molar-refractivity contribution in [2.24, 2.45) is 0 Å². The zero-order valence-corrected chi connectivity index (χ0v) is 18.4. The Morgan fingerprint density at radius 2 is 2.00 bits per heavy atom. The number of amides is 1. The molecule has 0 spiro atoms. The van der Waals surface area contributed by atoms with E-state index in [4.69, 9.17) is 4.74 Å². The van der Waals surface area contributed by atoms with Gasteiger partial charge in [-0.1, -0.05) is 49.0 Å². The summed E-state index contributed by atoms with van der Waals surface area (Å²) in [4.78, 5) is 30.3. The molecular weight excluding hydrogens is 398 g/mol. The van der Waals surface area contributed by atoms with E-state index >= 15 is 0 Å². The molecule has 1 amide bonds. The van der Waals surface area contributed by atoms with Gasteiger partial charge in [-0.05, 0) is 43.0 Å². The molecule has 3 aromatic rings. The number of rotatable bonds is 9. The van der Waals surface area contributed by atoms with E-state index in [0.717, 1.165) is 23.2 Å². The summed E-state index contributed by atoms with van der Waals surface area (Å²) in [7, 11) is 1.64. The molecule has 0 aliphatic heterocycles. The van der Waals surface area contributed by atoms with Crippen LogP contribution in [-0.4, -0.2) is 34.9 Å². The average molecular weight is 426 g/mol. The molecular formula is C23H27N3O3S. The molecule has 158 valence electrons. The van der Waals surface area contributed by atoms with Crippen LogP contribution >= 0.6 is 11.8 Å². The van der Waals surface area contributed by atoms with Gasteiger partial charge >= 0.3 is 0 Å². The van der Waals surface area contributed by atoms with E-state index in [1.165, 1.54) is 11.8 Å². The summed E-state index contributed by atoms with van der Waals surface area (Å²) in [6, 6.07) is 13.3. The van der Waals surface area contributed by atoms with Crippen LogP contribution in [0.3, 0.4) is 0 Å². The summed E-state index contributed by atoms with van der Waals surface area (Å²) in [6.45, 7) is 5.10. The van der Waals surface area contributed by atoms with Crippen molar-refractivity contribution in [2.45, 2.75) is 38.4 Å². The highest BCUT2D eigenvalue weighted by Gasteiger charge is 2.14. The van der Waals surface area contributed by atoms with Gasteiger partial charge in [-0.15, -0.1) is 0 Å². The molecule has 1 aromatic heterocycles. The van der Waals surface area contributed by atoms with Crippen LogP contribution in [0.15, 0.2) is 52.4 Å². The van der Waals surface area contributed by atoms with E-state index in [9.17, 15) is 9.59 Å². The number of ether oxygens (including phenoxy) is 1. The molecule has 0 aliphatic rings. The molecule has 0 atom stereocenters. The minimum Gasteiger partial charge on any atom is -0.385 e. The first kappa shape index (κ1) is 22.1. The highest BCUT2D eigenvalue weighted by atomic mass is 32.2. The van der Waals surface area contributed by atoms with E-state index in [1.807, 2.05) is 43.3 Å². The quantitative estimate of drug-likeness (QED) is 0.318. The van der Waals surface area contributed by atoms with Gasteiger partial charge in [-0.2, -0.15) is 0 Å². The first-order valence-electron chi connectivity index (χ1n) is 10.0. The smallest absolute Gasteiger partial charge is 0.262 e. The molecule has 2 aromatic carbocycles. The van der Waals surface area contributed by atoms with Crippen molar-refractivity contribution in [2.75, 3.05) is 24.8 Å². The summed E-state index contributed by atoms with van der Waals surface area (Å²) in [6.07, 6.45) is 1.54. The first-order valence-corrected chi connectivity index (χ1v) is 11.0. The zero-order chi connectivity index (χ0) is 21.5. The Labute approximate surface area is 180 Å². The third-order valence-corrected chi connectivity index (χ3v) is 5.87. The molecule has 0 saturated heterocycles. The van der Waals surface area contributed by atoms with Crippen LogP contribution in [0, 0.1) is 6.92 Å². The molecule has 0 saturated carbocycles. The van der Waals surface area contributed by atoms with Gasteiger partial charge in [-0.3, -0.25) is 14.2 Å². The Morgan fingerprint density at radius 3 is 2.77 bits per heavy atom. The lowest BCUT2D eigenvalue weighted by Gasteiger charge is -2.14. The third-order valence-electron chi connectivity index (χ3n) is 4.89. The number of carbonyl (C=O) groups excluding carboxylic acids is 1. The monoisotopic (exact) mass is 425 g/mol. The standard InChI is InChI=1S/C23H27N3O3S/c1-4-17-10-7-9-16(2)21(17)25-20(27)15-30-23-24-19-12-6-5-11-18(19)22(28)26(23)13-8-14-29-3/h5-7,9-12H,4,8,13-15H2,1-3H3,(H,25,27). The van der Waals surface area contributed by atoms with Gasteiger partial charge in [0, 0.05) is 25.9 Å². The second-order valence-electron chi connectivity index (χ2n) is 7.01. The van der Waals surface area contributed by atoms with Crippen molar-refractivity contribution in [1.82, 2.24) is 9.55 Å². The molecule has 0 unspecified atom stereocenters. The van der Waals surface area contributed by atoms with Gasteiger partial charge in [0.05, 0.1) is 16.7 Å². The normalized spacial score (nSPS) is 11.0. The fourth-order valence-electron chi connectivity index (χ4n) is 3.33. The molecule has 7 heteroatoms. The Morgan fingerprint density at radius 1 is 1.20 bits per heavy atom. The van der Waals surface area contributed by atoms with Crippen LogP contribution in [0.2, 0.25) is 0 Å². The van der Waals surface area contributed by atoms with E-state index in [0.29, 0.717) is 35.6 Å². The molecule has 0 bridgehead atoms. The Kier molecular flexibility index (Phi) is 7.65. The Balaban J connectivity index is 1.82. The topological polar surface area (TPSA) is 73.2 Å². The van der Waals surface area contributed by atoms with Crippen molar-refractivity contribution in [3.05, 3.63) is 63.9 Å². The van der Waals surface area contributed by atoms with Gasteiger partial charge in [0.2, 0.25) is 5.91 Å². The van der Waals surface area contributed by atoms with Gasteiger partial charge in [0.25, 0.3) is 5.56 Å². The first-order chi connectivity index (χ1) is 14.5. The molecule has 3 rings (SSSR count). The van der Waals surface area contributed by atoms with Gasteiger partial charge in [-0.25, -0.2) is 4.98 Å². The lowest BCUT2D eigenvalue weighted by Crippen LogP contribution is -2.25. The second-order valence-corrected chi connectivity index (χ2v) is 7.96. The fraction of sp³-hybridized carbons (Fsp3) is 0.348. The third kappa shape index (κ3) is 5.09. The average Bonchev–Trinajstić information content (AvgIpc) is 2.75. The van der Waals surface area contributed by atoms with Crippen LogP contribution in [0.5, 0.6) is 0 Å². The van der Waals surface area contributed by atoms with Crippen LogP contribution in [0.25, 0.3) is 10.9 Å². The number of para-hydroxylation sites is 2. The lowest BCUT2D eigenvalue weighted by molar-refractivity contribution is -0.113. The van der Waals surface area contributed by atoms with Crippen LogP contribution in [0.4, 0.5) is 5.69 Å². The molecule has 6 nitrogen and oxygen atoms in total. The number of anilines is 1. The van der Waals surface area contributed by atoms with E-state index in [-0.39, 0.29) is 17.2 Å². The number of hydrogen-bond donors (Lipinski definition) is 1. The fourth-order valence-corrected chi connectivity index (χ4v) is 4.15. The number of fused-ring (bicyclic) bond motifs is 1. The van der Waals surface area contributed by atoms with Crippen LogP contribution < -0.4 is 10.9 Å². The van der Waals surface area contributed by atoms with E-state index < -0.39 is 0 Å². The highest BCUT2D eigenvalue weighted by Crippen LogP contribution is 2.23. The molecule has 1 heterocycles. The SMILES string of the molecule is CCc1cccc(C)c1NC(=O)CSc1nc2ccccc2c(=O)n1CCCOC. The number of aromatic nitrogens is 2. The largest absolute Gasteiger partial charge is 0.385 e. The van der Waals surface area contributed by atoms with Crippen molar-refractivity contribution < 1.29 is 9.53 Å².